The van der Waals surface area contributed by atoms with Crippen LogP contribution in [0.2, 0.25) is 0 Å². The van der Waals surface area contributed by atoms with Crippen molar-refractivity contribution in [3.05, 3.63) is 56.1 Å². The topological polar surface area (TPSA) is 32.3 Å². The Kier molecular flexibility index (Phi) is 5.04. The van der Waals surface area contributed by atoms with Crippen molar-refractivity contribution in [3.8, 4) is 0 Å². The molecule has 2 aromatic carbocycles. The third kappa shape index (κ3) is 3.52. The Morgan fingerprint density at radius 2 is 1.90 bits per heavy atom. The zero-order chi connectivity index (χ0) is 14.7. The zero-order valence-electron chi connectivity index (χ0n) is 11.2. The number of hydrogen-bond donors (Lipinski definition) is 1. The van der Waals surface area contributed by atoms with Gasteiger partial charge in [-0.05, 0) is 52.9 Å². The first-order valence-corrected chi connectivity index (χ1v) is 7.89. The molecule has 0 spiro atoms. The quantitative estimate of drug-likeness (QED) is 0.713. The molecule has 0 aliphatic carbocycles. The third-order valence-corrected chi connectivity index (χ3v) is 4.24. The van der Waals surface area contributed by atoms with E-state index in [1.54, 1.807) is 0 Å². The lowest BCUT2D eigenvalue weighted by Crippen LogP contribution is -2.17. The van der Waals surface area contributed by atoms with Gasteiger partial charge in [-0.25, -0.2) is 0 Å². The Morgan fingerprint density at radius 1 is 1.20 bits per heavy atom. The van der Waals surface area contributed by atoms with Crippen molar-refractivity contribution in [1.29, 1.82) is 0 Å². The lowest BCUT2D eigenvalue weighted by atomic mass is 10.2. The van der Waals surface area contributed by atoms with Crippen LogP contribution in [-0.2, 0) is 0 Å². The van der Waals surface area contributed by atoms with Gasteiger partial charge in [-0.15, -0.1) is 0 Å². The van der Waals surface area contributed by atoms with Crippen LogP contribution in [0.5, 0.6) is 0 Å². The van der Waals surface area contributed by atoms with Crippen molar-refractivity contribution >= 4 is 55.8 Å². The summed E-state index contributed by atoms with van der Waals surface area (Å²) in [5, 5.41) is 2.97. The van der Waals surface area contributed by atoms with E-state index >= 15 is 0 Å². The first kappa shape index (κ1) is 15.3. The Morgan fingerprint density at radius 3 is 2.60 bits per heavy atom. The Labute approximate surface area is 140 Å². The van der Waals surface area contributed by atoms with E-state index < -0.39 is 0 Å². The molecule has 3 nitrogen and oxygen atoms in total. The molecule has 0 fully saturated rings. The molecule has 0 bridgehead atoms. The largest absolute Gasteiger partial charge is 0.376 e. The van der Waals surface area contributed by atoms with Gasteiger partial charge in [-0.2, -0.15) is 0 Å². The first-order chi connectivity index (χ1) is 9.49. The number of nitrogens with one attached hydrogen (secondary N) is 1. The van der Waals surface area contributed by atoms with Crippen LogP contribution in [0.1, 0.15) is 10.4 Å². The van der Waals surface area contributed by atoms with Crippen molar-refractivity contribution in [2.45, 2.75) is 0 Å². The van der Waals surface area contributed by atoms with Gasteiger partial charge in [0, 0.05) is 22.1 Å². The average molecular weight is 445 g/mol. The minimum Gasteiger partial charge on any atom is -0.376 e. The lowest BCUT2D eigenvalue weighted by molar-refractivity contribution is 0.102. The summed E-state index contributed by atoms with van der Waals surface area (Å²) in [7, 11) is 3.90. The number of para-hydroxylation sites is 2. The maximum atomic E-state index is 12.4. The maximum absolute atomic E-state index is 12.4. The van der Waals surface area contributed by atoms with Crippen LogP contribution in [0.15, 0.2) is 46.9 Å². The number of hydrogen-bond acceptors (Lipinski definition) is 2. The Balaban J connectivity index is 2.31. The second kappa shape index (κ2) is 6.58. The summed E-state index contributed by atoms with van der Waals surface area (Å²) in [6, 6.07) is 13.4. The number of benzene rings is 2. The molecule has 1 N–H and O–H groups in total. The van der Waals surface area contributed by atoms with Gasteiger partial charge in [0.2, 0.25) is 0 Å². The highest BCUT2D eigenvalue weighted by atomic mass is 127. The number of amides is 1. The average Bonchev–Trinajstić information content (AvgIpc) is 2.41. The summed E-state index contributed by atoms with van der Waals surface area (Å²) in [5.74, 6) is -0.106. The highest BCUT2D eigenvalue weighted by molar-refractivity contribution is 14.1. The monoisotopic (exact) mass is 444 g/mol. The number of carbonyl (C=O) groups excluding carboxylic acids is 1. The van der Waals surface area contributed by atoms with E-state index in [4.69, 9.17) is 0 Å². The number of rotatable bonds is 3. The fourth-order valence-corrected chi connectivity index (χ4v) is 2.77. The summed E-state index contributed by atoms with van der Waals surface area (Å²) in [4.78, 5) is 14.4. The van der Waals surface area contributed by atoms with E-state index in [-0.39, 0.29) is 5.91 Å². The van der Waals surface area contributed by atoms with E-state index in [0.29, 0.717) is 5.56 Å². The molecule has 0 saturated heterocycles. The molecule has 0 aliphatic heterocycles. The highest BCUT2D eigenvalue weighted by Gasteiger charge is 2.13. The van der Waals surface area contributed by atoms with Gasteiger partial charge in [0.25, 0.3) is 5.91 Å². The maximum Gasteiger partial charge on any atom is 0.256 e. The summed E-state index contributed by atoms with van der Waals surface area (Å²) in [6.07, 6.45) is 0. The summed E-state index contributed by atoms with van der Waals surface area (Å²) in [6.45, 7) is 0. The van der Waals surface area contributed by atoms with Crippen molar-refractivity contribution in [3.63, 3.8) is 0 Å². The summed E-state index contributed by atoms with van der Waals surface area (Å²) < 4.78 is 1.81. The van der Waals surface area contributed by atoms with Gasteiger partial charge in [0.05, 0.1) is 16.9 Å². The van der Waals surface area contributed by atoms with Crippen LogP contribution in [0, 0.1) is 3.57 Å². The molecule has 1 amide bonds. The Hall–Kier alpha value is -1.08. The molecule has 2 rings (SSSR count). The normalized spacial score (nSPS) is 10.2. The van der Waals surface area contributed by atoms with Crippen LogP contribution in [0.3, 0.4) is 0 Å². The number of halogens is 2. The molecule has 20 heavy (non-hydrogen) atoms. The first-order valence-electron chi connectivity index (χ1n) is 6.02. The second-order valence-electron chi connectivity index (χ2n) is 4.49. The predicted octanol–water partition coefficient (Wildman–Crippen LogP) is 4.37. The molecule has 0 aromatic heterocycles. The smallest absolute Gasteiger partial charge is 0.256 e. The molecule has 0 saturated carbocycles. The van der Waals surface area contributed by atoms with Crippen LogP contribution >= 0.6 is 38.5 Å². The minimum atomic E-state index is -0.106. The van der Waals surface area contributed by atoms with E-state index in [0.717, 1.165) is 19.4 Å². The van der Waals surface area contributed by atoms with Crippen LogP contribution in [0.25, 0.3) is 0 Å². The molecule has 0 heterocycles. The van der Waals surface area contributed by atoms with E-state index in [1.165, 1.54) is 0 Å². The minimum absolute atomic E-state index is 0.106. The van der Waals surface area contributed by atoms with Crippen LogP contribution in [0.4, 0.5) is 11.4 Å². The molecular formula is C15H14BrIN2O. The van der Waals surface area contributed by atoms with Gasteiger partial charge >= 0.3 is 0 Å². The zero-order valence-corrected chi connectivity index (χ0v) is 14.9. The molecular weight excluding hydrogens is 431 g/mol. The lowest BCUT2D eigenvalue weighted by Gasteiger charge is -2.18. The SMILES string of the molecule is CN(C)c1ccccc1NC(=O)c1cc(Br)ccc1I. The molecule has 104 valence electrons. The summed E-state index contributed by atoms with van der Waals surface area (Å²) >= 11 is 5.56. The van der Waals surface area contributed by atoms with Gasteiger partial charge in [0.1, 0.15) is 0 Å². The van der Waals surface area contributed by atoms with Gasteiger partial charge in [-0.1, -0.05) is 28.1 Å². The molecule has 5 heteroatoms. The molecule has 0 radical (unpaired) electrons. The second-order valence-corrected chi connectivity index (χ2v) is 6.57. The van der Waals surface area contributed by atoms with Crippen LogP contribution in [-0.4, -0.2) is 20.0 Å². The molecule has 2 aromatic rings. The van der Waals surface area contributed by atoms with Crippen molar-refractivity contribution < 1.29 is 4.79 Å². The fraction of sp³-hybridized carbons (Fsp3) is 0.133. The Bertz CT molecular complexity index is 644. The van der Waals surface area contributed by atoms with Gasteiger partial charge in [-0.3, -0.25) is 4.79 Å². The number of anilines is 2. The van der Waals surface area contributed by atoms with Crippen molar-refractivity contribution in [2.75, 3.05) is 24.3 Å². The molecule has 0 aliphatic rings. The number of carbonyl (C=O) groups is 1. The van der Waals surface area contributed by atoms with Crippen molar-refractivity contribution in [1.82, 2.24) is 0 Å². The fourth-order valence-electron chi connectivity index (χ4n) is 1.83. The van der Waals surface area contributed by atoms with Crippen molar-refractivity contribution in [2.24, 2.45) is 0 Å². The highest BCUT2D eigenvalue weighted by Crippen LogP contribution is 2.25. The summed E-state index contributed by atoms with van der Waals surface area (Å²) in [5.41, 5.74) is 2.44. The molecule has 0 atom stereocenters. The van der Waals surface area contributed by atoms with Gasteiger partial charge < -0.3 is 10.2 Å². The van der Waals surface area contributed by atoms with Crippen LogP contribution < -0.4 is 10.2 Å². The van der Waals surface area contributed by atoms with Gasteiger partial charge in [0.15, 0.2) is 0 Å². The standard InChI is InChI=1S/C15H14BrIN2O/c1-19(2)14-6-4-3-5-13(14)18-15(20)11-9-10(16)7-8-12(11)17/h3-9H,1-2H3,(H,18,20). The molecule has 0 unspecified atom stereocenters. The van der Waals surface area contributed by atoms with E-state index in [9.17, 15) is 4.79 Å². The number of nitrogens with zero attached hydrogens (tertiary/aromatic N) is 1. The van der Waals surface area contributed by atoms with E-state index in [1.807, 2.05) is 61.5 Å². The predicted molar refractivity (Wildman–Crippen MR) is 95.6 cm³/mol. The van der Waals surface area contributed by atoms with E-state index in [2.05, 4.69) is 43.8 Å². The third-order valence-electron chi connectivity index (χ3n) is 2.81.